The Morgan fingerprint density at radius 3 is 1.37 bits per heavy atom. The first-order valence-corrected chi connectivity index (χ1v) is 14.0. The number of anilines is 2. The highest BCUT2D eigenvalue weighted by molar-refractivity contribution is 6.29. The maximum Gasteiger partial charge on any atom is 0.224 e. The largest absolute Gasteiger partial charge is 0.473 e. The van der Waals surface area contributed by atoms with Gasteiger partial charge >= 0.3 is 0 Å². The first-order chi connectivity index (χ1) is 20.7. The van der Waals surface area contributed by atoms with Crippen molar-refractivity contribution in [2.24, 2.45) is 0 Å². The summed E-state index contributed by atoms with van der Waals surface area (Å²) in [6, 6.07) is 18.2. The van der Waals surface area contributed by atoms with Crippen LogP contribution in [0.3, 0.4) is 0 Å². The van der Waals surface area contributed by atoms with Crippen molar-refractivity contribution in [2.75, 3.05) is 11.5 Å². The van der Waals surface area contributed by atoms with Crippen LogP contribution >= 0.6 is 23.2 Å². The van der Waals surface area contributed by atoms with Gasteiger partial charge in [0.15, 0.2) is 0 Å². The van der Waals surface area contributed by atoms with Crippen molar-refractivity contribution < 1.29 is 19.1 Å². The van der Waals surface area contributed by atoms with E-state index < -0.39 is 0 Å². The highest BCUT2D eigenvalue weighted by Crippen LogP contribution is 2.17. The molecule has 4 aromatic rings. The fourth-order valence-electron chi connectivity index (χ4n) is 3.78. The van der Waals surface area contributed by atoms with Crippen LogP contribution in [-0.2, 0) is 35.9 Å². The number of carbonyl (C=O) groups excluding carboxylic acids is 2. The lowest BCUT2D eigenvalue weighted by molar-refractivity contribution is -0.122. The number of hydrogen-bond donors (Lipinski definition) is 4. The van der Waals surface area contributed by atoms with Gasteiger partial charge in [0, 0.05) is 38.1 Å². The fourth-order valence-corrected chi connectivity index (χ4v) is 4.14. The Bertz CT molecular complexity index is 1380. The van der Waals surface area contributed by atoms with E-state index in [-0.39, 0.29) is 71.8 Å². The van der Waals surface area contributed by atoms with Crippen molar-refractivity contribution >= 4 is 46.9 Å². The number of ether oxygens (including phenoxy) is 2. The molecule has 0 radical (unpaired) electrons. The number of carbonyl (C=O) groups is 2. The zero-order valence-corrected chi connectivity index (χ0v) is 24.6. The van der Waals surface area contributed by atoms with Crippen LogP contribution < -0.4 is 31.6 Å². The maximum atomic E-state index is 12.2. The second-order valence-corrected chi connectivity index (χ2v) is 10.2. The molecule has 0 atom stereocenters. The zero-order chi connectivity index (χ0) is 30.6. The van der Waals surface area contributed by atoms with Gasteiger partial charge in [-0.1, -0.05) is 71.7 Å². The summed E-state index contributed by atoms with van der Waals surface area (Å²) >= 11 is 11.7. The molecule has 4 rings (SSSR count). The molecule has 2 aromatic heterocycles. The molecule has 12 nitrogen and oxygen atoms in total. The lowest BCUT2D eigenvalue weighted by Crippen LogP contribution is -2.25. The minimum atomic E-state index is -0.122. The van der Waals surface area contributed by atoms with E-state index in [9.17, 15) is 9.59 Å². The third-order valence-electron chi connectivity index (χ3n) is 5.98. The number of nitrogen functional groups attached to an aromatic ring is 2. The number of hydrogen-bond acceptors (Lipinski definition) is 10. The second-order valence-electron chi connectivity index (χ2n) is 9.39. The highest BCUT2D eigenvalue weighted by Gasteiger charge is 2.08. The Labute approximate surface area is 258 Å². The van der Waals surface area contributed by atoms with Crippen LogP contribution in [0.1, 0.15) is 41.5 Å². The average molecular weight is 626 g/mol. The minimum absolute atomic E-state index is 0.0398. The lowest BCUT2D eigenvalue weighted by Gasteiger charge is -2.09. The van der Waals surface area contributed by atoms with Crippen LogP contribution in [0.5, 0.6) is 11.8 Å². The van der Waals surface area contributed by atoms with Crippen LogP contribution in [0.15, 0.2) is 60.7 Å². The normalized spacial score (nSPS) is 10.7. The quantitative estimate of drug-likeness (QED) is 0.150. The van der Waals surface area contributed by atoms with Gasteiger partial charge in [0.25, 0.3) is 0 Å². The molecule has 14 heteroatoms. The van der Waals surface area contributed by atoms with Gasteiger partial charge in [-0.2, -0.15) is 9.97 Å². The molecular weight excluding hydrogens is 595 g/mol. The zero-order valence-electron chi connectivity index (χ0n) is 23.1. The molecule has 2 amide bonds. The van der Waals surface area contributed by atoms with Crippen molar-refractivity contribution in [2.45, 2.75) is 45.6 Å². The van der Waals surface area contributed by atoms with E-state index in [1.54, 1.807) is 0 Å². The standard InChI is InChI=1S/C29H30Cl2N8O4/c30-22-12-26(38-28(32)36-22)42-16-20-8-4-18(5-9-20)14-34-24(40)2-1-3-25(41)35-15-19-6-10-21(11-7-19)17-43-27-13-23(31)37-29(33)39-27/h4-13H,1-3,14-17H2,(H,34,40)(H,35,41)(H2,32,36,38)(H2,33,37,39). The molecule has 2 heterocycles. The number of rotatable bonds is 14. The average Bonchev–Trinajstić information content (AvgIpc) is 2.97. The number of nitrogens with zero attached hydrogens (tertiary/aromatic N) is 4. The Balaban J connectivity index is 1.08. The van der Waals surface area contributed by atoms with Gasteiger partial charge in [-0.05, 0) is 28.7 Å². The Morgan fingerprint density at radius 1 is 0.628 bits per heavy atom. The van der Waals surface area contributed by atoms with E-state index in [0.717, 1.165) is 22.3 Å². The van der Waals surface area contributed by atoms with Gasteiger partial charge in [0.1, 0.15) is 23.5 Å². The summed E-state index contributed by atoms with van der Waals surface area (Å²) in [6.07, 6.45) is 0.948. The molecule has 0 aliphatic carbocycles. The monoisotopic (exact) mass is 624 g/mol. The predicted molar refractivity (Wildman–Crippen MR) is 162 cm³/mol. The molecule has 0 spiro atoms. The summed E-state index contributed by atoms with van der Waals surface area (Å²) in [5.41, 5.74) is 14.8. The number of nitrogens with one attached hydrogen (secondary N) is 2. The van der Waals surface area contributed by atoms with Crippen LogP contribution in [0.25, 0.3) is 0 Å². The number of amides is 2. The third kappa shape index (κ3) is 10.9. The molecule has 224 valence electrons. The topological polar surface area (TPSA) is 180 Å². The van der Waals surface area contributed by atoms with E-state index >= 15 is 0 Å². The summed E-state index contributed by atoms with van der Waals surface area (Å²) in [7, 11) is 0. The molecule has 6 N–H and O–H groups in total. The lowest BCUT2D eigenvalue weighted by atomic mass is 10.1. The Morgan fingerprint density at radius 2 is 1.00 bits per heavy atom. The van der Waals surface area contributed by atoms with Crippen molar-refractivity contribution in [3.05, 3.63) is 93.2 Å². The summed E-state index contributed by atoms with van der Waals surface area (Å²) in [5.74, 6) is 0.413. The summed E-state index contributed by atoms with van der Waals surface area (Å²) in [6.45, 7) is 1.32. The summed E-state index contributed by atoms with van der Waals surface area (Å²) in [5, 5.41) is 6.16. The van der Waals surface area contributed by atoms with Gasteiger partial charge in [0.05, 0.1) is 0 Å². The van der Waals surface area contributed by atoms with Crippen LogP contribution in [-0.4, -0.2) is 31.8 Å². The SMILES string of the molecule is Nc1nc(Cl)cc(OCc2ccc(CNC(=O)CCCC(=O)NCc3ccc(COc4cc(Cl)nc(N)n4)cc3)cc2)n1. The van der Waals surface area contributed by atoms with E-state index in [0.29, 0.717) is 19.5 Å². The van der Waals surface area contributed by atoms with Gasteiger partial charge < -0.3 is 31.6 Å². The first-order valence-electron chi connectivity index (χ1n) is 13.3. The minimum Gasteiger partial charge on any atom is -0.473 e. The van der Waals surface area contributed by atoms with Gasteiger partial charge in [-0.15, -0.1) is 0 Å². The number of benzene rings is 2. The van der Waals surface area contributed by atoms with Crippen molar-refractivity contribution in [1.29, 1.82) is 0 Å². The van der Waals surface area contributed by atoms with E-state index in [1.807, 2.05) is 48.5 Å². The molecular formula is C29H30Cl2N8O4. The van der Waals surface area contributed by atoms with Crippen molar-refractivity contribution in [3.8, 4) is 11.8 Å². The highest BCUT2D eigenvalue weighted by atomic mass is 35.5. The summed E-state index contributed by atoms with van der Waals surface area (Å²) in [4.78, 5) is 40.0. The molecule has 0 aliphatic rings. The molecule has 0 saturated carbocycles. The fraction of sp³-hybridized carbons (Fsp3) is 0.241. The summed E-state index contributed by atoms with van der Waals surface area (Å²) < 4.78 is 11.2. The van der Waals surface area contributed by atoms with Crippen LogP contribution in [0, 0.1) is 0 Å². The first kappa shape index (κ1) is 31.3. The Kier molecular flexibility index (Phi) is 11.3. The number of nitrogens with two attached hydrogens (primary N) is 2. The predicted octanol–water partition coefficient (Wildman–Crippen LogP) is 4.00. The van der Waals surface area contributed by atoms with Gasteiger partial charge in [-0.3, -0.25) is 9.59 Å². The Hall–Kier alpha value is -4.68. The molecule has 0 fully saturated rings. The molecule has 0 aliphatic heterocycles. The molecule has 0 bridgehead atoms. The number of aromatic nitrogens is 4. The van der Waals surface area contributed by atoms with Crippen molar-refractivity contribution in [1.82, 2.24) is 30.6 Å². The number of halogens is 2. The molecule has 2 aromatic carbocycles. The molecule has 0 saturated heterocycles. The van der Waals surface area contributed by atoms with E-state index in [1.165, 1.54) is 12.1 Å². The van der Waals surface area contributed by atoms with E-state index in [4.69, 9.17) is 44.1 Å². The molecule has 0 unspecified atom stereocenters. The van der Waals surface area contributed by atoms with Gasteiger partial charge in [0.2, 0.25) is 35.5 Å². The molecule has 43 heavy (non-hydrogen) atoms. The maximum absolute atomic E-state index is 12.2. The van der Waals surface area contributed by atoms with Gasteiger partial charge in [-0.25, -0.2) is 9.97 Å². The smallest absolute Gasteiger partial charge is 0.224 e. The second kappa shape index (κ2) is 15.5. The third-order valence-corrected chi connectivity index (χ3v) is 6.37. The van der Waals surface area contributed by atoms with Crippen molar-refractivity contribution in [3.63, 3.8) is 0 Å². The van der Waals surface area contributed by atoms with Crippen LogP contribution in [0.2, 0.25) is 10.3 Å². The van der Waals surface area contributed by atoms with E-state index in [2.05, 4.69) is 30.6 Å². The van der Waals surface area contributed by atoms with Crippen LogP contribution in [0.4, 0.5) is 11.9 Å².